The van der Waals surface area contributed by atoms with E-state index in [1.807, 2.05) is 24.3 Å². The van der Waals surface area contributed by atoms with Crippen molar-refractivity contribution in [2.75, 3.05) is 10.6 Å². The van der Waals surface area contributed by atoms with Gasteiger partial charge >= 0.3 is 0 Å². The van der Waals surface area contributed by atoms with E-state index < -0.39 is 0 Å². The number of hydrogen-bond acceptors (Lipinski definition) is 2. The first-order valence-electron chi connectivity index (χ1n) is 6.55. The van der Waals surface area contributed by atoms with Crippen LogP contribution >= 0.6 is 31.9 Å². The summed E-state index contributed by atoms with van der Waals surface area (Å²) in [5, 5.41) is 13.6. The number of carbonyl (C=O) groups is 1. The second-order valence-electron chi connectivity index (χ2n) is 4.61. The average molecular weight is 413 g/mol. The Hall–Kier alpha value is -1.33. The first-order chi connectivity index (χ1) is 10.1. The Balaban J connectivity index is 2.12. The molecule has 2 aromatic carbocycles. The van der Waals surface area contributed by atoms with Gasteiger partial charge in [-0.05, 0) is 48.7 Å². The number of alkyl halides is 1. The number of aryl methyl sites for hydroxylation is 1. The SMILES string of the molecule is O=C(Nc1cccc(CCCBr)c1)c1ccc(Br)cc1O. The minimum atomic E-state index is -0.322. The zero-order valence-electron chi connectivity index (χ0n) is 11.3. The molecule has 0 aromatic heterocycles. The summed E-state index contributed by atoms with van der Waals surface area (Å²) in [6, 6.07) is 12.6. The van der Waals surface area contributed by atoms with Crippen molar-refractivity contribution < 1.29 is 9.90 Å². The lowest BCUT2D eigenvalue weighted by Gasteiger charge is -2.08. The highest BCUT2D eigenvalue weighted by Gasteiger charge is 2.11. The number of benzene rings is 2. The second kappa shape index (κ2) is 7.61. The number of rotatable bonds is 5. The molecule has 0 bridgehead atoms. The Morgan fingerprint density at radius 3 is 2.71 bits per heavy atom. The molecule has 5 heteroatoms. The number of aromatic hydroxyl groups is 1. The van der Waals surface area contributed by atoms with Gasteiger partial charge in [0.05, 0.1) is 5.56 Å². The maximum atomic E-state index is 12.2. The zero-order chi connectivity index (χ0) is 15.2. The molecular weight excluding hydrogens is 398 g/mol. The molecule has 1 amide bonds. The van der Waals surface area contributed by atoms with E-state index in [2.05, 4.69) is 37.2 Å². The van der Waals surface area contributed by atoms with Gasteiger partial charge in [-0.2, -0.15) is 0 Å². The predicted octanol–water partition coefficient (Wildman–Crippen LogP) is 4.73. The van der Waals surface area contributed by atoms with E-state index in [1.54, 1.807) is 12.1 Å². The van der Waals surface area contributed by atoms with Crippen LogP contribution in [0.25, 0.3) is 0 Å². The van der Waals surface area contributed by atoms with E-state index in [1.165, 1.54) is 11.6 Å². The highest BCUT2D eigenvalue weighted by atomic mass is 79.9. The number of hydrogen-bond donors (Lipinski definition) is 2. The molecule has 0 unspecified atom stereocenters. The number of nitrogens with one attached hydrogen (secondary N) is 1. The second-order valence-corrected chi connectivity index (χ2v) is 6.32. The van der Waals surface area contributed by atoms with Gasteiger partial charge in [-0.25, -0.2) is 0 Å². The van der Waals surface area contributed by atoms with Crippen LogP contribution in [0.15, 0.2) is 46.9 Å². The van der Waals surface area contributed by atoms with Gasteiger partial charge in [0.25, 0.3) is 5.91 Å². The molecule has 0 atom stereocenters. The quantitative estimate of drug-likeness (QED) is 0.697. The van der Waals surface area contributed by atoms with Gasteiger partial charge in [0.2, 0.25) is 0 Å². The van der Waals surface area contributed by atoms with Gasteiger partial charge < -0.3 is 10.4 Å². The van der Waals surface area contributed by atoms with Crippen LogP contribution in [0.4, 0.5) is 5.69 Å². The van der Waals surface area contributed by atoms with Crippen LogP contribution in [-0.2, 0) is 6.42 Å². The van der Waals surface area contributed by atoms with Gasteiger partial charge in [-0.1, -0.05) is 44.0 Å². The molecule has 0 aliphatic carbocycles. The van der Waals surface area contributed by atoms with Crippen molar-refractivity contribution in [2.24, 2.45) is 0 Å². The van der Waals surface area contributed by atoms with Gasteiger partial charge in [0, 0.05) is 15.5 Å². The third-order valence-corrected chi connectivity index (χ3v) is 4.04. The summed E-state index contributed by atoms with van der Waals surface area (Å²) in [5.74, 6) is -0.366. The number of phenolic OH excluding ortho intramolecular Hbond substituents is 1. The molecule has 0 aliphatic rings. The lowest BCUT2D eigenvalue weighted by atomic mass is 10.1. The van der Waals surface area contributed by atoms with Crippen LogP contribution in [0, 0.1) is 0 Å². The first kappa shape index (κ1) is 16.0. The van der Waals surface area contributed by atoms with Gasteiger partial charge in [0.15, 0.2) is 0 Å². The van der Waals surface area contributed by atoms with Crippen molar-refractivity contribution in [3.05, 3.63) is 58.1 Å². The molecular formula is C16H15Br2NO2. The minimum absolute atomic E-state index is 0.0441. The fourth-order valence-corrected chi connectivity index (χ4v) is 2.60. The van der Waals surface area contributed by atoms with Crippen LogP contribution in [0.3, 0.4) is 0 Å². The van der Waals surface area contributed by atoms with Crippen LogP contribution < -0.4 is 5.32 Å². The Morgan fingerprint density at radius 2 is 2.00 bits per heavy atom. The number of anilines is 1. The molecule has 110 valence electrons. The average Bonchev–Trinajstić information content (AvgIpc) is 2.45. The molecule has 3 nitrogen and oxygen atoms in total. The van der Waals surface area contributed by atoms with Gasteiger partial charge in [0.1, 0.15) is 5.75 Å². The lowest BCUT2D eigenvalue weighted by molar-refractivity contribution is 0.102. The third kappa shape index (κ3) is 4.58. The van der Waals surface area contributed by atoms with Crippen molar-refractivity contribution in [1.29, 1.82) is 0 Å². The molecule has 2 rings (SSSR count). The van der Waals surface area contributed by atoms with Gasteiger partial charge in [-0.15, -0.1) is 0 Å². The zero-order valence-corrected chi connectivity index (χ0v) is 14.4. The molecule has 0 aliphatic heterocycles. The Kier molecular flexibility index (Phi) is 5.82. The van der Waals surface area contributed by atoms with E-state index in [4.69, 9.17) is 0 Å². The maximum absolute atomic E-state index is 12.2. The summed E-state index contributed by atoms with van der Waals surface area (Å²) in [5.41, 5.74) is 2.16. The summed E-state index contributed by atoms with van der Waals surface area (Å²) in [4.78, 5) is 12.2. The van der Waals surface area contributed by atoms with E-state index in [0.29, 0.717) is 0 Å². The van der Waals surface area contributed by atoms with Crippen LogP contribution in [0.1, 0.15) is 22.3 Å². The summed E-state index contributed by atoms with van der Waals surface area (Å²) < 4.78 is 0.730. The molecule has 0 saturated heterocycles. The topological polar surface area (TPSA) is 49.3 Å². The monoisotopic (exact) mass is 411 g/mol. The highest BCUT2D eigenvalue weighted by Crippen LogP contribution is 2.23. The van der Waals surface area contributed by atoms with E-state index in [0.717, 1.165) is 28.3 Å². The van der Waals surface area contributed by atoms with Crippen molar-refractivity contribution in [1.82, 2.24) is 0 Å². The normalized spacial score (nSPS) is 10.4. The van der Waals surface area contributed by atoms with E-state index in [9.17, 15) is 9.90 Å². The van der Waals surface area contributed by atoms with E-state index >= 15 is 0 Å². The molecule has 2 N–H and O–H groups in total. The van der Waals surface area contributed by atoms with Crippen molar-refractivity contribution >= 4 is 43.5 Å². The fourth-order valence-electron chi connectivity index (χ4n) is 1.97. The molecule has 0 fully saturated rings. The standard InChI is InChI=1S/C16H15Br2NO2/c17-8-2-4-11-3-1-5-13(9-11)19-16(21)14-7-6-12(18)10-15(14)20/h1,3,5-7,9-10,20H,2,4,8H2,(H,19,21). The maximum Gasteiger partial charge on any atom is 0.259 e. The van der Waals surface area contributed by atoms with Crippen molar-refractivity contribution in [3.63, 3.8) is 0 Å². The predicted molar refractivity (Wildman–Crippen MR) is 92.3 cm³/mol. The first-order valence-corrected chi connectivity index (χ1v) is 8.46. The molecule has 0 saturated carbocycles. The number of carbonyl (C=O) groups excluding carboxylic acids is 1. The Labute approximate surface area is 140 Å². The molecule has 21 heavy (non-hydrogen) atoms. The smallest absolute Gasteiger partial charge is 0.259 e. The Morgan fingerprint density at radius 1 is 1.19 bits per heavy atom. The molecule has 0 spiro atoms. The Bertz CT molecular complexity index is 644. The van der Waals surface area contributed by atoms with Crippen molar-refractivity contribution in [3.8, 4) is 5.75 Å². The molecule has 0 radical (unpaired) electrons. The summed E-state index contributed by atoms with van der Waals surface area (Å²) in [6.07, 6.45) is 2.00. The van der Waals surface area contributed by atoms with Crippen LogP contribution in [-0.4, -0.2) is 16.3 Å². The van der Waals surface area contributed by atoms with E-state index in [-0.39, 0.29) is 17.2 Å². The summed E-state index contributed by atoms with van der Waals surface area (Å²) in [7, 11) is 0. The van der Waals surface area contributed by atoms with Crippen molar-refractivity contribution in [2.45, 2.75) is 12.8 Å². The summed E-state index contributed by atoms with van der Waals surface area (Å²) >= 11 is 6.66. The van der Waals surface area contributed by atoms with Gasteiger partial charge in [-0.3, -0.25) is 4.79 Å². The summed E-state index contributed by atoms with van der Waals surface area (Å²) in [6.45, 7) is 0. The molecule has 2 aromatic rings. The van der Waals surface area contributed by atoms with Crippen LogP contribution in [0.2, 0.25) is 0 Å². The lowest BCUT2D eigenvalue weighted by Crippen LogP contribution is -2.12. The number of amides is 1. The fraction of sp³-hybridized carbons (Fsp3) is 0.188. The molecule has 0 heterocycles. The third-order valence-electron chi connectivity index (χ3n) is 2.99. The van der Waals surface area contributed by atoms with Crippen LogP contribution in [0.5, 0.6) is 5.75 Å². The largest absolute Gasteiger partial charge is 0.507 e. The minimum Gasteiger partial charge on any atom is -0.507 e. The number of phenols is 1. The number of halogens is 2. The highest BCUT2D eigenvalue weighted by molar-refractivity contribution is 9.10.